The number of amides is 1. The zero-order valence-electron chi connectivity index (χ0n) is 9.12. The molecule has 0 bridgehead atoms. The van der Waals surface area contributed by atoms with E-state index in [2.05, 4.69) is 17.2 Å². The van der Waals surface area contributed by atoms with Crippen LogP contribution in [0.3, 0.4) is 0 Å². The standard InChI is InChI=1S/C12H14N2O2/c1-3-6-13-11-9-7-8(16-2)4-5-10(9)14-12(11)15/h3-5,7,11,13H,1,6H2,2H3,(H,14,15). The lowest BCUT2D eigenvalue weighted by Gasteiger charge is -2.10. The highest BCUT2D eigenvalue weighted by molar-refractivity contribution is 6.02. The maximum atomic E-state index is 11.7. The van der Waals surface area contributed by atoms with Crippen molar-refractivity contribution in [3.8, 4) is 5.75 Å². The Bertz CT molecular complexity index is 429. The fourth-order valence-corrected chi connectivity index (χ4v) is 1.77. The van der Waals surface area contributed by atoms with Gasteiger partial charge in [0.05, 0.1) is 7.11 Å². The van der Waals surface area contributed by atoms with E-state index in [9.17, 15) is 4.79 Å². The van der Waals surface area contributed by atoms with Crippen LogP contribution < -0.4 is 15.4 Å². The predicted molar refractivity (Wildman–Crippen MR) is 62.6 cm³/mol. The number of carbonyl (C=O) groups is 1. The lowest BCUT2D eigenvalue weighted by molar-refractivity contribution is -0.117. The van der Waals surface area contributed by atoms with Crippen molar-refractivity contribution in [3.05, 3.63) is 36.4 Å². The van der Waals surface area contributed by atoms with Gasteiger partial charge >= 0.3 is 0 Å². The molecule has 4 nitrogen and oxygen atoms in total. The summed E-state index contributed by atoms with van der Waals surface area (Å²) in [6.07, 6.45) is 1.73. The Hall–Kier alpha value is -1.81. The molecular weight excluding hydrogens is 204 g/mol. The molecule has 1 amide bonds. The first kappa shape index (κ1) is 10.7. The Morgan fingerprint density at radius 2 is 2.44 bits per heavy atom. The van der Waals surface area contributed by atoms with Gasteiger partial charge in [-0.05, 0) is 18.2 Å². The van der Waals surface area contributed by atoms with E-state index in [0.717, 1.165) is 17.0 Å². The summed E-state index contributed by atoms with van der Waals surface area (Å²) in [5, 5.41) is 5.92. The summed E-state index contributed by atoms with van der Waals surface area (Å²) in [5.41, 5.74) is 1.76. The molecule has 0 aliphatic carbocycles. The number of hydrogen-bond acceptors (Lipinski definition) is 3. The molecule has 0 radical (unpaired) electrons. The summed E-state index contributed by atoms with van der Waals surface area (Å²) in [6, 6.07) is 5.23. The van der Waals surface area contributed by atoms with Crippen LogP contribution >= 0.6 is 0 Å². The van der Waals surface area contributed by atoms with Gasteiger partial charge in [-0.2, -0.15) is 0 Å². The van der Waals surface area contributed by atoms with Crippen LogP contribution in [0.5, 0.6) is 5.75 Å². The molecule has 16 heavy (non-hydrogen) atoms. The number of nitrogens with one attached hydrogen (secondary N) is 2. The Morgan fingerprint density at radius 1 is 1.62 bits per heavy atom. The molecule has 1 aliphatic rings. The SMILES string of the molecule is C=CCNC1C(=O)Nc2ccc(OC)cc21. The van der Waals surface area contributed by atoms with E-state index in [4.69, 9.17) is 4.74 Å². The van der Waals surface area contributed by atoms with Crippen LogP contribution in [-0.4, -0.2) is 19.6 Å². The van der Waals surface area contributed by atoms with Crippen molar-refractivity contribution < 1.29 is 9.53 Å². The fourth-order valence-electron chi connectivity index (χ4n) is 1.77. The summed E-state index contributed by atoms with van der Waals surface area (Å²) in [4.78, 5) is 11.7. The normalized spacial score (nSPS) is 17.8. The Kier molecular flexibility index (Phi) is 2.92. The number of methoxy groups -OCH3 is 1. The second-order valence-electron chi connectivity index (χ2n) is 3.57. The second-order valence-corrected chi connectivity index (χ2v) is 3.57. The molecular formula is C12H14N2O2. The maximum Gasteiger partial charge on any atom is 0.246 e. The van der Waals surface area contributed by atoms with Crippen LogP contribution in [0.15, 0.2) is 30.9 Å². The molecule has 84 valence electrons. The van der Waals surface area contributed by atoms with Gasteiger partial charge in [0.15, 0.2) is 0 Å². The van der Waals surface area contributed by atoms with Gasteiger partial charge in [0.1, 0.15) is 11.8 Å². The first-order chi connectivity index (χ1) is 7.76. The minimum Gasteiger partial charge on any atom is -0.497 e. The Morgan fingerprint density at radius 3 is 3.12 bits per heavy atom. The number of ether oxygens (including phenoxy) is 1. The average molecular weight is 218 g/mol. The quantitative estimate of drug-likeness (QED) is 0.752. The number of anilines is 1. The smallest absolute Gasteiger partial charge is 0.246 e. The Balaban J connectivity index is 2.30. The topological polar surface area (TPSA) is 50.4 Å². The van der Waals surface area contributed by atoms with Crippen LogP contribution in [-0.2, 0) is 4.79 Å². The highest BCUT2D eigenvalue weighted by atomic mass is 16.5. The molecule has 1 heterocycles. The van der Waals surface area contributed by atoms with E-state index >= 15 is 0 Å². The van der Waals surface area contributed by atoms with Crippen LogP contribution in [0.1, 0.15) is 11.6 Å². The number of benzene rings is 1. The van der Waals surface area contributed by atoms with Gasteiger partial charge in [-0.3, -0.25) is 10.1 Å². The fraction of sp³-hybridized carbons (Fsp3) is 0.250. The van der Waals surface area contributed by atoms with Crippen molar-refractivity contribution in [2.24, 2.45) is 0 Å². The molecule has 0 spiro atoms. The van der Waals surface area contributed by atoms with E-state index in [1.807, 2.05) is 18.2 Å². The molecule has 2 N–H and O–H groups in total. The molecule has 1 aromatic rings. The molecule has 2 rings (SSSR count). The highest BCUT2D eigenvalue weighted by Crippen LogP contribution is 2.33. The van der Waals surface area contributed by atoms with E-state index in [-0.39, 0.29) is 11.9 Å². The highest BCUT2D eigenvalue weighted by Gasteiger charge is 2.29. The summed E-state index contributed by atoms with van der Waals surface area (Å²) < 4.78 is 5.14. The third kappa shape index (κ3) is 1.79. The van der Waals surface area contributed by atoms with E-state index in [1.165, 1.54) is 0 Å². The molecule has 0 saturated heterocycles. The van der Waals surface area contributed by atoms with Crippen molar-refractivity contribution >= 4 is 11.6 Å². The van der Waals surface area contributed by atoms with Crippen molar-refractivity contribution in [3.63, 3.8) is 0 Å². The van der Waals surface area contributed by atoms with Gasteiger partial charge in [0.25, 0.3) is 0 Å². The number of fused-ring (bicyclic) bond motifs is 1. The number of hydrogen-bond donors (Lipinski definition) is 2. The molecule has 1 aromatic carbocycles. The average Bonchev–Trinajstić information content (AvgIpc) is 2.61. The third-order valence-electron chi connectivity index (χ3n) is 2.56. The minimum absolute atomic E-state index is 0.0369. The Labute approximate surface area is 94.3 Å². The first-order valence-electron chi connectivity index (χ1n) is 5.09. The van der Waals surface area contributed by atoms with Crippen LogP contribution in [0.4, 0.5) is 5.69 Å². The maximum absolute atomic E-state index is 11.7. The number of rotatable bonds is 4. The molecule has 1 atom stereocenters. The molecule has 1 unspecified atom stereocenters. The lowest BCUT2D eigenvalue weighted by atomic mass is 10.1. The van der Waals surface area contributed by atoms with Gasteiger partial charge in [-0.1, -0.05) is 6.08 Å². The summed E-state index contributed by atoms with van der Waals surface area (Å²) in [7, 11) is 1.61. The molecule has 4 heteroatoms. The van der Waals surface area contributed by atoms with Crippen LogP contribution in [0.25, 0.3) is 0 Å². The van der Waals surface area contributed by atoms with Gasteiger partial charge in [0, 0.05) is 17.8 Å². The summed E-state index contributed by atoms with van der Waals surface area (Å²) in [6.45, 7) is 4.21. The zero-order valence-corrected chi connectivity index (χ0v) is 9.12. The van der Waals surface area contributed by atoms with Crippen molar-refractivity contribution in [2.45, 2.75) is 6.04 Å². The van der Waals surface area contributed by atoms with Crippen molar-refractivity contribution in [2.75, 3.05) is 19.0 Å². The van der Waals surface area contributed by atoms with Gasteiger partial charge in [-0.25, -0.2) is 0 Å². The van der Waals surface area contributed by atoms with Crippen molar-refractivity contribution in [1.29, 1.82) is 0 Å². The van der Waals surface area contributed by atoms with Gasteiger partial charge in [0.2, 0.25) is 5.91 Å². The van der Waals surface area contributed by atoms with E-state index < -0.39 is 0 Å². The third-order valence-corrected chi connectivity index (χ3v) is 2.56. The number of carbonyl (C=O) groups excluding carboxylic acids is 1. The summed E-state index contributed by atoms with van der Waals surface area (Å²) in [5.74, 6) is 0.714. The second kappa shape index (κ2) is 4.37. The van der Waals surface area contributed by atoms with Crippen LogP contribution in [0, 0.1) is 0 Å². The molecule has 0 saturated carbocycles. The molecule has 0 fully saturated rings. The van der Waals surface area contributed by atoms with Gasteiger partial charge < -0.3 is 10.1 Å². The van der Waals surface area contributed by atoms with Gasteiger partial charge in [-0.15, -0.1) is 6.58 Å². The van der Waals surface area contributed by atoms with Crippen LogP contribution in [0.2, 0.25) is 0 Å². The minimum atomic E-state index is -0.317. The molecule has 0 aromatic heterocycles. The lowest BCUT2D eigenvalue weighted by Crippen LogP contribution is -2.27. The first-order valence-corrected chi connectivity index (χ1v) is 5.09. The molecule has 1 aliphatic heterocycles. The largest absolute Gasteiger partial charge is 0.497 e. The van der Waals surface area contributed by atoms with E-state index in [1.54, 1.807) is 13.2 Å². The van der Waals surface area contributed by atoms with E-state index in [0.29, 0.717) is 6.54 Å². The summed E-state index contributed by atoms with van der Waals surface area (Å²) >= 11 is 0. The van der Waals surface area contributed by atoms with Crippen molar-refractivity contribution in [1.82, 2.24) is 5.32 Å². The predicted octanol–water partition coefficient (Wildman–Crippen LogP) is 1.46. The monoisotopic (exact) mass is 218 g/mol. The zero-order chi connectivity index (χ0) is 11.5.